The molecule has 1 heterocycles. The number of carbonyl (C=O) groups is 1. The zero-order valence-electron chi connectivity index (χ0n) is 8.90. The first-order chi connectivity index (χ1) is 7.29. The van der Waals surface area contributed by atoms with Crippen LogP contribution in [0.2, 0.25) is 0 Å². The number of nitrogens with one attached hydrogen (secondary N) is 1. The third kappa shape index (κ3) is 3.15. The summed E-state index contributed by atoms with van der Waals surface area (Å²) in [5.74, 6) is -0.248. The lowest BCUT2D eigenvalue weighted by Gasteiger charge is -2.27. The van der Waals surface area contributed by atoms with E-state index in [4.69, 9.17) is 14.2 Å². The van der Waals surface area contributed by atoms with Crippen LogP contribution in [0, 0.1) is 0 Å². The molecular formula is C10H17NO4. The molecule has 1 aliphatic carbocycles. The maximum Gasteiger partial charge on any atom is 0.325 e. The molecule has 0 aromatic heterocycles. The fourth-order valence-corrected chi connectivity index (χ4v) is 1.40. The van der Waals surface area contributed by atoms with Gasteiger partial charge >= 0.3 is 5.97 Å². The number of rotatable bonds is 6. The summed E-state index contributed by atoms with van der Waals surface area (Å²) in [7, 11) is 1.40. The number of esters is 1. The monoisotopic (exact) mass is 215 g/mol. The first-order valence-corrected chi connectivity index (χ1v) is 5.33. The Morgan fingerprint density at radius 1 is 1.53 bits per heavy atom. The predicted molar refractivity (Wildman–Crippen MR) is 52.5 cm³/mol. The summed E-state index contributed by atoms with van der Waals surface area (Å²) in [4.78, 5) is 11.4. The smallest absolute Gasteiger partial charge is 0.325 e. The van der Waals surface area contributed by atoms with Crippen molar-refractivity contribution in [3.05, 3.63) is 0 Å². The van der Waals surface area contributed by atoms with Gasteiger partial charge in [0.2, 0.25) is 0 Å². The van der Waals surface area contributed by atoms with Crippen LogP contribution in [0.5, 0.6) is 0 Å². The van der Waals surface area contributed by atoms with E-state index < -0.39 is 0 Å². The maximum absolute atomic E-state index is 11.4. The van der Waals surface area contributed by atoms with Gasteiger partial charge in [-0.15, -0.1) is 0 Å². The van der Waals surface area contributed by atoms with E-state index in [1.54, 1.807) is 0 Å². The lowest BCUT2D eigenvalue weighted by Crippen LogP contribution is -2.46. The van der Waals surface area contributed by atoms with Crippen LogP contribution in [0.1, 0.15) is 12.8 Å². The van der Waals surface area contributed by atoms with Crippen molar-refractivity contribution in [1.29, 1.82) is 0 Å². The Balaban J connectivity index is 1.72. The largest absolute Gasteiger partial charge is 0.468 e. The van der Waals surface area contributed by atoms with E-state index in [1.807, 2.05) is 0 Å². The number of ether oxygens (including phenoxy) is 3. The fourth-order valence-electron chi connectivity index (χ4n) is 1.40. The lowest BCUT2D eigenvalue weighted by atomic mass is 10.3. The van der Waals surface area contributed by atoms with E-state index in [2.05, 4.69) is 5.32 Å². The quantitative estimate of drug-likeness (QED) is 0.616. The number of hydrogen-bond donors (Lipinski definition) is 1. The van der Waals surface area contributed by atoms with Crippen LogP contribution in [0.15, 0.2) is 0 Å². The molecular weight excluding hydrogens is 198 g/mol. The second-order valence-electron chi connectivity index (χ2n) is 4.01. The Morgan fingerprint density at radius 3 is 2.73 bits per heavy atom. The van der Waals surface area contributed by atoms with Crippen LogP contribution in [0.4, 0.5) is 0 Å². The molecule has 1 N–H and O–H groups in total. The molecule has 0 spiro atoms. The summed E-state index contributed by atoms with van der Waals surface area (Å²) in [6.45, 7) is 1.64. The fraction of sp³-hybridized carbons (Fsp3) is 0.900. The average Bonchev–Trinajstić information content (AvgIpc) is 2.96. The number of methoxy groups -OCH3 is 1. The molecule has 5 nitrogen and oxygen atoms in total. The highest BCUT2D eigenvalue weighted by molar-refractivity contribution is 5.75. The van der Waals surface area contributed by atoms with E-state index in [0.29, 0.717) is 25.9 Å². The van der Waals surface area contributed by atoms with Crippen molar-refractivity contribution in [3.63, 3.8) is 0 Å². The molecule has 1 aliphatic heterocycles. The van der Waals surface area contributed by atoms with Gasteiger partial charge in [0.05, 0.1) is 26.9 Å². The maximum atomic E-state index is 11.4. The van der Waals surface area contributed by atoms with Gasteiger partial charge < -0.3 is 14.2 Å². The van der Waals surface area contributed by atoms with Crippen molar-refractivity contribution >= 4 is 5.97 Å². The molecule has 15 heavy (non-hydrogen) atoms. The normalized spacial score (nSPS) is 23.3. The van der Waals surface area contributed by atoms with E-state index >= 15 is 0 Å². The second-order valence-corrected chi connectivity index (χ2v) is 4.01. The summed E-state index contributed by atoms with van der Waals surface area (Å²) in [5, 5.41) is 3.20. The number of hydrogen-bond acceptors (Lipinski definition) is 5. The van der Waals surface area contributed by atoms with Crippen LogP contribution >= 0.6 is 0 Å². The van der Waals surface area contributed by atoms with Gasteiger partial charge in [-0.1, -0.05) is 0 Å². The van der Waals surface area contributed by atoms with Crippen LogP contribution in [0.25, 0.3) is 0 Å². The van der Waals surface area contributed by atoms with Crippen LogP contribution < -0.4 is 5.32 Å². The van der Waals surface area contributed by atoms with Crippen LogP contribution in [-0.2, 0) is 19.0 Å². The zero-order valence-corrected chi connectivity index (χ0v) is 8.90. The first-order valence-electron chi connectivity index (χ1n) is 5.33. The van der Waals surface area contributed by atoms with E-state index in [1.165, 1.54) is 7.11 Å². The third-order valence-corrected chi connectivity index (χ3v) is 2.61. The van der Waals surface area contributed by atoms with Gasteiger partial charge in [-0.2, -0.15) is 0 Å². The van der Waals surface area contributed by atoms with Gasteiger partial charge in [-0.25, -0.2) is 0 Å². The molecule has 1 unspecified atom stereocenters. The number of carbonyl (C=O) groups excluding carboxylic acids is 1. The molecule has 1 atom stereocenters. The minimum atomic E-state index is -0.330. The summed E-state index contributed by atoms with van der Waals surface area (Å²) in [5.41, 5.74) is 0. The van der Waals surface area contributed by atoms with E-state index in [9.17, 15) is 4.79 Å². The summed E-state index contributed by atoms with van der Waals surface area (Å²) in [6.07, 6.45) is 2.43. The molecule has 2 rings (SSSR count). The summed E-state index contributed by atoms with van der Waals surface area (Å²) in [6, 6.07) is 0.137. The standard InChI is InChI=1S/C10H17NO4/c1-13-10(12)9(11-7-2-3-7)6-15-8-4-14-5-8/h7-9,11H,2-6H2,1H3. The molecule has 2 aliphatic rings. The molecule has 1 saturated carbocycles. The van der Waals surface area contributed by atoms with Crippen LogP contribution in [0.3, 0.4) is 0 Å². The third-order valence-electron chi connectivity index (χ3n) is 2.61. The van der Waals surface area contributed by atoms with Gasteiger partial charge in [-0.3, -0.25) is 10.1 Å². The first kappa shape index (κ1) is 10.9. The zero-order chi connectivity index (χ0) is 10.7. The summed E-state index contributed by atoms with van der Waals surface area (Å²) >= 11 is 0. The van der Waals surface area contributed by atoms with Crippen molar-refractivity contribution in [2.24, 2.45) is 0 Å². The van der Waals surface area contributed by atoms with Gasteiger partial charge in [0.15, 0.2) is 0 Å². The highest BCUT2D eigenvalue weighted by atomic mass is 16.6. The van der Waals surface area contributed by atoms with Crippen molar-refractivity contribution in [1.82, 2.24) is 5.32 Å². The Kier molecular flexibility index (Phi) is 3.56. The lowest BCUT2D eigenvalue weighted by molar-refractivity contribution is -0.154. The molecule has 0 aromatic carbocycles. The molecule has 86 valence electrons. The minimum Gasteiger partial charge on any atom is -0.468 e. The Morgan fingerprint density at radius 2 is 2.27 bits per heavy atom. The van der Waals surface area contributed by atoms with Crippen molar-refractivity contribution in [2.45, 2.75) is 31.0 Å². The summed E-state index contributed by atoms with van der Waals surface area (Å²) < 4.78 is 15.2. The second kappa shape index (κ2) is 4.92. The van der Waals surface area contributed by atoms with E-state index in [-0.39, 0.29) is 18.1 Å². The topological polar surface area (TPSA) is 56.8 Å². The Labute approximate surface area is 89.1 Å². The molecule has 5 heteroatoms. The average molecular weight is 215 g/mol. The van der Waals surface area contributed by atoms with Crippen LogP contribution in [-0.4, -0.2) is 51.1 Å². The molecule has 0 amide bonds. The molecule has 0 radical (unpaired) electrons. The molecule has 2 fully saturated rings. The highest BCUT2D eigenvalue weighted by Gasteiger charge is 2.30. The van der Waals surface area contributed by atoms with Gasteiger partial charge in [-0.05, 0) is 12.8 Å². The van der Waals surface area contributed by atoms with Crippen molar-refractivity contribution in [2.75, 3.05) is 26.9 Å². The van der Waals surface area contributed by atoms with Crippen molar-refractivity contribution in [3.8, 4) is 0 Å². The predicted octanol–water partition coefficient (Wildman–Crippen LogP) is -0.305. The van der Waals surface area contributed by atoms with E-state index in [0.717, 1.165) is 12.8 Å². The van der Waals surface area contributed by atoms with Gasteiger partial charge in [0, 0.05) is 6.04 Å². The molecule has 0 aromatic rings. The van der Waals surface area contributed by atoms with Gasteiger partial charge in [0.1, 0.15) is 12.1 Å². The van der Waals surface area contributed by atoms with Crippen molar-refractivity contribution < 1.29 is 19.0 Å². The molecule has 1 saturated heterocycles. The highest BCUT2D eigenvalue weighted by Crippen LogP contribution is 2.20. The Bertz CT molecular complexity index is 225. The minimum absolute atomic E-state index is 0.151. The van der Waals surface area contributed by atoms with Gasteiger partial charge in [0.25, 0.3) is 0 Å². The SMILES string of the molecule is COC(=O)C(COC1COC1)NC1CC1. The molecule has 0 bridgehead atoms. The Hall–Kier alpha value is -0.650.